The third-order valence-corrected chi connectivity index (χ3v) is 4.14. The average Bonchev–Trinajstić information content (AvgIpc) is 2.87. The molecule has 0 aliphatic heterocycles. The van der Waals surface area contributed by atoms with Crippen LogP contribution in [0.25, 0.3) is 11.0 Å². The van der Waals surface area contributed by atoms with Crippen LogP contribution in [-0.2, 0) is 0 Å². The van der Waals surface area contributed by atoms with Gasteiger partial charge >= 0.3 is 0 Å². The highest BCUT2D eigenvalue weighted by molar-refractivity contribution is 7.00. The number of nitrogens with one attached hydrogen (secondary N) is 1. The minimum Gasteiger partial charge on any atom is -0.382 e. The number of rotatable bonds is 5. The van der Waals surface area contributed by atoms with Crippen LogP contribution in [0.2, 0.25) is 10.0 Å². The first-order valence-electron chi connectivity index (χ1n) is 6.20. The Morgan fingerprint density at radius 2 is 2.00 bits per heavy atom. The summed E-state index contributed by atoms with van der Waals surface area (Å²) in [4.78, 5) is 0. The highest BCUT2D eigenvalue weighted by atomic mass is 35.5. The molecule has 0 aliphatic rings. The molecule has 0 saturated carbocycles. The number of nitriles is 1. The summed E-state index contributed by atoms with van der Waals surface area (Å²) < 4.78 is 8.39. The summed E-state index contributed by atoms with van der Waals surface area (Å²) in [6.45, 7) is 4.59. The minimum absolute atomic E-state index is 0.303. The molecule has 0 spiro atoms. The van der Waals surface area contributed by atoms with Gasteiger partial charge in [0.15, 0.2) is 0 Å². The Morgan fingerprint density at radius 3 is 2.70 bits per heavy atom. The van der Waals surface area contributed by atoms with Gasteiger partial charge in [-0.2, -0.15) is 14.0 Å². The molecular weight excluding hydrogens is 315 g/mol. The van der Waals surface area contributed by atoms with E-state index in [1.54, 1.807) is 6.07 Å². The summed E-state index contributed by atoms with van der Waals surface area (Å²) in [6, 6.07) is 3.97. The van der Waals surface area contributed by atoms with Gasteiger partial charge in [-0.25, -0.2) is 0 Å². The molecule has 7 heteroatoms. The zero-order valence-corrected chi connectivity index (χ0v) is 13.5. The van der Waals surface area contributed by atoms with E-state index in [9.17, 15) is 0 Å². The van der Waals surface area contributed by atoms with E-state index in [0.29, 0.717) is 21.1 Å². The Kier molecular flexibility index (Phi) is 4.69. The first kappa shape index (κ1) is 15.3. The van der Waals surface area contributed by atoms with Gasteiger partial charge in [0, 0.05) is 6.54 Å². The van der Waals surface area contributed by atoms with E-state index < -0.39 is 0 Å². The topological polar surface area (TPSA) is 61.6 Å². The first-order valence-corrected chi connectivity index (χ1v) is 7.68. The molecule has 0 bridgehead atoms. The second kappa shape index (κ2) is 6.13. The van der Waals surface area contributed by atoms with Crippen molar-refractivity contribution in [2.45, 2.75) is 26.7 Å². The van der Waals surface area contributed by atoms with Gasteiger partial charge < -0.3 is 5.32 Å². The Labute approximate surface area is 132 Å². The van der Waals surface area contributed by atoms with E-state index in [4.69, 9.17) is 28.5 Å². The molecule has 2 aromatic rings. The maximum absolute atomic E-state index is 8.98. The number of halogens is 2. The monoisotopic (exact) mass is 328 g/mol. The van der Waals surface area contributed by atoms with Gasteiger partial charge in [0.1, 0.15) is 11.0 Å². The predicted molar refractivity (Wildman–Crippen MR) is 84.6 cm³/mol. The lowest BCUT2D eigenvalue weighted by atomic mass is 9.90. The second-order valence-corrected chi connectivity index (χ2v) is 6.55. The van der Waals surface area contributed by atoms with Crippen molar-refractivity contribution in [2.75, 3.05) is 11.9 Å². The number of aromatic nitrogens is 2. The lowest BCUT2D eigenvalue weighted by molar-refractivity contribution is 0.441. The van der Waals surface area contributed by atoms with Crippen molar-refractivity contribution in [1.29, 1.82) is 5.26 Å². The van der Waals surface area contributed by atoms with Crippen LogP contribution in [0.3, 0.4) is 0 Å². The molecule has 2 rings (SSSR count). The van der Waals surface area contributed by atoms with Crippen LogP contribution in [-0.4, -0.2) is 15.3 Å². The normalized spacial score (nSPS) is 11.6. The molecule has 0 aliphatic carbocycles. The molecule has 0 amide bonds. The van der Waals surface area contributed by atoms with E-state index in [1.807, 2.05) is 13.8 Å². The van der Waals surface area contributed by atoms with Crippen LogP contribution in [0.15, 0.2) is 6.07 Å². The minimum atomic E-state index is -0.303. The van der Waals surface area contributed by atoms with E-state index in [-0.39, 0.29) is 5.41 Å². The maximum atomic E-state index is 8.98. The Bertz CT molecular complexity index is 660. The molecule has 0 saturated heterocycles. The van der Waals surface area contributed by atoms with Crippen LogP contribution < -0.4 is 5.32 Å². The number of hydrogen-bond acceptors (Lipinski definition) is 5. The Balaban J connectivity index is 2.07. The number of nitrogens with zero attached hydrogens (tertiary/aromatic N) is 3. The van der Waals surface area contributed by atoms with Crippen LogP contribution in [0.1, 0.15) is 26.7 Å². The first-order chi connectivity index (χ1) is 9.44. The highest BCUT2D eigenvalue weighted by Gasteiger charge is 2.17. The summed E-state index contributed by atoms with van der Waals surface area (Å²) in [6.07, 6.45) is 1.69. The summed E-state index contributed by atoms with van der Waals surface area (Å²) in [5, 5.41) is 13.3. The fourth-order valence-corrected chi connectivity index (χ4v) is 3.02. The van der Waals surface area contributed by atoms with Crippen LogP contribution in [0, 0.1) is 16.7 Å². The van der Waals surface area contributed by atoms with Gasteiger partial charge in [0.25, 0.3) is 0 Å². The SMILES string of the molecule is CC(C)(C#N)CCCNc1c(Cl)cc(Cl)c2nsnc12. The second-order valence-electron chi connectivity index (χ2n) is 5.20. The molecule has 0 atom stereocenters. The third-order valence-electron chi connectivity index (χ3n) is 3.03. The number of hydrogen-bond donors (Lipinski definition) is 1. The highest BCUT2D eigenvalue weighted by Crippen LogP contribution is 2.35. The fourth-order valence-electron chi connectivity index (χ4n) is 1.84. The molecule has 0 fully saturated rings. The van der Waals surface area contributed by atoms with E-state index in [1.165, 1.54) is 0 Å². The fraction of sp³-hybridized carbons (Fsp3) is 0.462. The summed E-state index contributed by atoms with van der Waals surface area (Å²) in [5.74, 6) is 0. The maximum Gasteiger partial charge on any atom is 0.130 e. The van der Waals surface area contributed by atoms with Crippen molar-refractivity contribution < 1.29 is 0 Å². The van der Waals surface area contributed by atoms with Crippen LogP contribution in [0.5, 0.6) is 0 Å². The van der Waals surface area contributed by atoms with E-state index in [0.717, 1.165) is 36.8 Å². The van der Waals surface area contributed by atoms with Crippen molar-refractivity contribution in [3.8, 4) is 6.07 Å². The van der Waals surface area contributed by atoms with Crippen molar-refractivity contribution in [3.05, 3.63) is 16.1 Å². The molecule has 0 radical (unpaired) electrons. The van der Waals surface area contributed by atoms with Gasteiger partial charge in [-0.1, -0.05) is 23.2 Å². The van der Waals surface area contributed by atoms with Crippen molar-refractivity contribution in [3.63, 3.8) is 0 Å². The molecular formula is C13H14Cl2N4S. The average molecular weight is 329 g/mol. The van der Waals surface area contributed by atoms with Gasteiger partial charge in [-0.05, 0) is 32.8 Å². The molecule has 20 heavy (non-hydrogen) atoms. The predicted octanol–water partition coefficient (Wildman–Crippen LogP) is 4.74. The van der Waals surface area contributed by atoms with Gasteiger partial charge in [0.05, 0.1) is 38.9 Å². The number of fused-ring (bicyclic) bond motifs is 1. The standard InChI is InChI=1S/C13H14Cl2N4S/c1-13(2,7-16)4-3-5-17-10-8(14)6-9(15)11-12(10)19-20-18-11/h6,17H,3-5H2,1-2H3. The largest absolute Gasteiger partial charge is 0.382 e. The quantitative estimate of drug-likeness (QED) is 0.805. The molecule has 1 aromatic heterocycles. The van der Waals surface area contributed by atoms with Gasteiger partial charge in [-0.3, -0.25) is 0 Å². The van der Waals surface area contributed by atoms with Crippen LogP contribution in [0.4, 0.5) is 5.69 Å². The number of anilines is 1. The van der Waals surface area contributed by atoms with Crippen molar-refractivity contribution in [2.24, 2.45) is 5.41 Å². The van der Waals surface area contributed by atoms with Crippen LogP contribution >= 0.6 is 34.9 Å². The smallest absolute Gasteiger partial charge is 0.130 e. The summed E-state index contributed by atoms with van der Waals surface area (Å²) in [7, 11) is 0. The van der Waals surface area contributed by atoms with E-state index >= 15 is 0 Å². The Hall–Kier alpha value is -1.09. The van der Waals surface area contributed by atoms with Gasteiger partial charge in [0.2, 0.25) is 0 Å². The zero-order chi connectivity index (χ0) is 14.8. The molecule has 1 aromatic carbocycles. The van der Waals surface area contributed by atoms with Crippen molar-refractivity contribution >= 4 is 51.7 Å². The molecule has 4 nitrogen and oxygen atoms in total. The molecule has 106 valence electrons. The summed E-state index contributed by atoms with van der Waals surface area (Å²) in [5.41, 5.74) is 1.82. The lowest BCUT2D eigenvalue weighted by Gasteiger charge is -2.15. The third kappa shape index (κ3) is 3.32. The molecule has 1 heterocycles. The molecule has 0 unspecified atom stereocenters. The Morgan fingerprint density at radius 1 is 1.30 bits per heavy atom. The van der Waals surface area contributed by atoms with Gasteiger partial charge in [-0.15, -0.1) is 0 Å². The number of benzene rings is 1. The van der Waals surface area contributed by atoms with E-state index in [2.05, 4.69) is 20.1 Å². The van der Waals surface area contributed by atoms with Crippen molar-refractivity contribution in [1.82, 2.24) is 8.75 Å². The molecule has 1 N–H and O–H groups in total. The zero-order valence-electron chi connectivity index (χ0n) is 11.2. The summed E-state index contributed by atoms with van der Waals surface area (Å²) >= 11 is 13.4. The lowest BCUT2D eigenvalue weighted by Crippen LogP contribution is -2.11.